The van der Waals surface area contributed by atoms with Gasteiger partial charge in [-0.25, -0.2) is 4.79 Å². The molecule has 8 heteroatoms. The minimum atomic E-state index is -0.408. The molecule has 2 heterocycles. The third kappa shape index (κ3) is 3.77. The molecule has 0 fully saturated rings. The third-order valence-electron chi connectivity index (χ3n) is 6.30. The molecule has 174 valence electrons. The molecule has 0 unspecified atom stereocenters. The molecule has 0 atom stereocenters. The number of esters is 1. The summed E-state index contributed by atoms with van der Waals surface area (Å²) >= 11 is 1.43. The number of thiophene rings is 1. The van der Waals surface area contributed by atoms with Crippen molar-refractivity contribution < 1.29 is 23.9 Å². The zero-order valence-electron chi connectivity index (χ0n) is 18.8. The molecule has 1 aliphatic carbocycles. The number of nitrogens with one attached hydrogen (secondary N) is 1. The molecular formula is C26H24N2O5S. The Morgan fingerprint density at radius 3 is 2.44 bits per heavy atom. The lowest BCUT2D eigenvalue weighted by atomic mass is 9.94. The summed E-state index contributed by atoms with van der Waals surface area (Å²) in [7, 11) is 0. The van der Waals surface area contributed by atoms with Crippen molar-refractivity contribution in [2.75, 3.05) is 18.5 Å². The minimum absolute atomic E-state index is 0.119. The van der Waals surface area contributed by atoms with Gasteiger partial charge in [0.1, 0.15) is 5.00 Å². The number of hydrogen-bond acceptors (Lipinski definition) is 6. The Hall–Kier alpha value is -3.52. The monoisotopic (exact) mass is 476 g/mol. The molecule has 1 aliphatic heterocycles. The van der Waals surface area contributed by atoms with Crippen LogP contribution in [-0.4, -0.2) is 41.7 Å². The van der Waals surface area contributed by atoms with Gasteiger partial charge in [0.05, 0.1) is 12.2 Å². The van der Waals surface area contributed by atoms with Gasteiger partial charge in [0.25, 0.3) is 11.8 Å². The fourth-order valence-electron chi connectivity index (χ4n) is 4.78. The molecule has 1 aromatic heterocycles. The highest BCUT2D eigenvalue weighted by Gasteiger charge is 2.32. The fraction of sp³-hybridized carbons (Fsp3) is 0.308. The van der Waals surface area contributed by atoms with Gasteiger partial charge in [0, 0.05) is 34.4 Å². The van der Waals surface area contributed by atoms with Gasteiger partial charge in [0.2, 0.25) is 5.91 Å². The van der Waals surface area contributed by atoms with Gasteiger partial charge in [-0.1, -0.05) is 24.3 Å². The van der Waals surface area contributed by atoms with Crippen LogP contribution in [0.3, 0.4) is 0 Å². The second-order valence-electron chi connectivity index (χ2n) is 8.40. The maximum Gasteiger partial charge on any atom is 0.341 e. The SMILES string of the molecule is CCOC(=O)c1c(NC(=O)CCCN2C(=O)c3cccc4cccc(c34)C2=O)sc2c1CCC2. The zero-order valence-corrected chi connectivity index (χ0v) is 19.6. The van der Waals surface area contributed by atoms with Gasteiger partial charge < -0.3 is 10.1 Å². The maximum absolute atomic E-state index is 13.0. The van der Waals surface area contributed by atoms with E-state index in [-0.39, 0.29) is 37.3 Å². The summed E-state index contributed by atoms with van der Waals surface area (Å²) in [6.07, 6.45) is 3.14. The number of carbonyl (C=O) groups is 4. The van der Waals surface area contributed by atoms with E-state index in [1.165, 1.54) is 16.2 Å². The fourth-order valence-corrected chi connectivity index (χ4v) is 6.08. The van der Waals surface area contributed by atoms with Gasteiger partial charge in [-0.15, -0.1) is 11.3 Å². The van der Waals surface area contributed by atoms with Gasteiger partial charge in [-0.3, -0.25) is 19.3 Å². The van der Waals surface area contributed by atoms with Crippen LogP contribution in [-0.2, 0) is 22.4 Å². The Bertz CT molecular complexity index is 1290. The van der Waals surface area contributed by atoms with Crippen molar-refractivity contribution >= 4 is 50.8 Å². The highest BCUT2D eigenvalue weighted by Crippen LogP contribution is 2.39. The summed E-state index contributed by atoms with van der Waals surface area (Å²) in [5, 5.41) is 4.93. The van der Waals surface area contributed by atoms with Crippen LogP contribution in [0, 0.1) is 0 Å². The summed E-state index contributed by atoms with van der Waals surface area (Å²) in [4.78, 5) is 53.5. The van der Waals surface area contributed by atoms with Gasteiger partial charge >= 0.3 is 5.97 Å². The lowest BCUT2D eigenvalue weighted by molar-refractivity contribution is -0.116. The molecule has 0 saturated heterocycles. The molecule has 0 radical (unpaired) electrons. The number of benzene rings is 2. The predicted octanol–water partition coefficient (Wildman–Crippen LogP) is 4.58. The number of fused-ring (bicyclic) bond motifs is 1. The molecule has 34 heavy (non-hydrogen) atoms. The van der Waals surface area contributed by atoms with E-state index in [2.05, 4.69) is 5.32 Å². The van der Waals surface area contributed by atoms with E-state index < -0.39 is 5.97 Å². The van der Waals surface area contributed by atoms with Crippen molar-refractivity contribution in [2.45, 2.75) is 39.0 Å². The number of nitrogens with zero attached hydrogens (tertiary/aromatic N) is 1. The molecule has 0 bridgehead atoms. The molecule has 3 amide bonds. The Kier molecular flexibility index (Phi) is 5.91. The van der Waals surface area contributed by atoms with E-state index in [1.54, 1.807) is 31.2 Å². The van der Waals surface area contributed by atoms with Gasteiger partial charge in [0.15, 0.2) is 0 Å². The van der Waals surface area contributed by atoms with Crippen molar-refractivity contribution in [3.05, 3.63) is 63.5 Å². The molecule has 0 saturated carbocycles. The van der Waals surface area contributed by atoms with Crippen LogP contribution in [0.25, 0.3) is 10.8 Å². The van der Waals surface area contributed by atoms with Crippen LogP contribution in [0.5, 0.6) is 0 Å². The third-order valence-corrected chi connectivity index (χ3v) is 7.50. The number of imide groups is 1. The lowest BCUT2D eigenvalue weighted by Crippen LogP contribution is -2.41. The van der Waals surface area contributed by atoms with Crippen LogP contribution in [0.2, 0.25) is 0 Å². The molecule has 2 aliphatic rings. The van der Waals surface area contributed by atoms with E-state index in [9.17, 15) is 19.2 Å². The zero-order chi connectivity index (χ0) is 23.8. The molecule has 7 nitrogen and oxygen atoms in total. The number of ether oxygens (including phenoxy) is 1. The normalized spacial score (nSPS) is 14.4. The van der Waals surface area contributed by atoms with Crippen LogP contribution in [0.15, 0.2) is 36.4 Å². The summed E-state index contributed by atoms with van der Waals surface area (Å²) in [6, 6.07) is 10.8. The van der Waals surface area contributed by atoms with E-state index in [1.807, 2.05) is 12.1 Å². The highest BCUT2D eigenvalue weighted by atomic mass is 32.1. The minimum Gasteiger partial charge on any atom is -0.462 e. The maximum atomic E-state index is 13.0. The van der Waals surface area contributed by atoms with Crippen LogP contribution in [0.4, 0.5) is 5.00 Å². The first-order valence-electron chi connectivity index (χ1n) is 11.5. The average Bonchev–Trinajstić information content (AvgIpc) is 3.40. The van der Waals surface area contributed by atoms with Crippen molar-refractivity contribution in [1.29, 1.82) is 0 Å². The molecule has 3 aromatic rings. The Morgan fingerprint density at radius 1 is 1.06 bits per heavy atom. The highest BCUT2D eigenvalue weighted by molar-refractivity contribution is 7.17. The van der Waals surface area contributed by atoms with E-state index in [4.69, 9.17) is 4.74 Å². The molecule has 0 spiro atoms. The van der Waals surface area contributed by atoms with Crippen molar-refractivity contribution in [1.82, 2.24) is 4.90 Å². The molecule has 2 aromatic carbocycles. The number of amides is 3. The Labute approximate surface area is 200 Å². The van der Waals surface area contributed by atoms with Gasteiger partial charge in [-0.2, -0.15) is 0 Å². The molecular weight excluding hydrogens is 452 g/mol. The molecule has 1 N–H and O–H groups in total. The first kappa shape index (κ1) is 22.3. The smallest absolute Gasteiger partial charge is 0.341 e. The van der Waals surface area contributed by atoms with E-state index >= 15 is 0 Å². The van der Waals surface area contributed by atoms with Crippen molar-refractivity contribution in [3.63, 3.8) is 0 Å². The second-order valence-corrected chi connectivity index (χ2v) is 9.51. The largest absolute Gasteiger partial charge is 0.462 e. The van der Waals surface area contributed by atoms with Crippen LogP contribution < -0.4 is 5.32 Å². The summed E-state index contributed by atoms with van der Waals surface area (Å²) in [5.41, 5.74) is 2.46. The quantitative estimate of drug-likeness (QED) is 0.398. The lowest BCUT2D eigenvalue weighted by Gasteiger charge is -2.27. The van der Waals surface area contributed by atoms with Gasteiger partial charge in [-0.05, 0) is 55.7 Å². The number of rotatable bonds is 7. The first-order chi connectivity index (χ1) is 16.5. The van der Waals surface area contributed by atoms with E-state index in [0.29, 0.717) is 33.5 Å². The van der Waals surface area contributed by atoms with Crippen molar-refractivity contribution in [2.24, 2.45) is 0 Å². The van der Waals surface area contributed by atoms with Crippen LogP contribution in [0.1, 0.15) is 67.7 Å². The summed E-state index contributed by atoms with van der Waals surface area (Å²) < 4.78 is 5.21. The number of anilines is 1. The standard InChI is InChI=1S/C26H24N2O5S/c1-2-33-26(32)22-16-9-5-12-19(16)34-23(22)27-20(29)13-6-14-28-24(30)17-10-3-7-15-8-4-11-18(21(15)17)25(28)31/h3-4,7-8,10-11H,2,5-6,9,12-14H2,1H3,(H,27,29). The summed E-state index contributed by atoms with van der Waals surface area (Å²) in [5.74, 6) is -1.34. The number of aryl methyl sites for hydroxylation is 1. The number of hydrogen-bond donors (Lipinski definition) is 1. The second kappa shape index (κ2) is 9.02. The average molecular weight is 477 g/mol. The topological polar surface area (TPSA) is 92.8 Å². The van der Waals surface area contributed by atoms with E-state index in [0.717, 1.165) is 35.1 Å². The van der Waals surface area contributed by atoms with Crippen molar-refractivity contribution in [3.8, 4) is 0 Å². The Balaban J connectivity index is 1.26. The predicted molar refractivity (Wildman–Crippen MR) is 129 cm³/mol. The first-order valence-corrected chi connectivity index (χ1v) is 12.3. The number of carbonyl (C=O) groups excluding carboxylic acids is 4. The summed E-state index contributed by atoms with van der Waals surface area (Å²) in [6.45, 7) is 2.16. The van der Waals surface area contributed by atoms with Crippen LogP contribution >= 0.6 is 11.3 Å². The molecule has 5 rings (SSSR count). The Morgan fingerprint density at radius 2 is 1.76 bits per heavy atom.